The summed E-state index contributed by atoms with van der Waals surface area (Å²) in [5.41, 5.74) is 0. The van der Waals surface area contributed by atoms with Crippen molar-refractivity contribution in [3.05, 3.63) is 0 Å². The summed E-state index contributed by atoms with van der Waals surface area (Å²) in [5.74, 6) is 0.475. The van der Waals surface area contributed by atoms with Crippen LogP contribution in [0, 0.1) is 5.92 Å². The molecule has 1 aliphatic rings. The van der Waals surface area contributed by atoms with Crippen LogP contribution in [-0.4, -0.2) is 67.1 Å². The molecular weight excluding hydrogens is 258 g/mol. The van der Waals surface area contributed by atoms with Gasteiger partial charge in [0.2, 0.25) is 0 Å². The maximum Gasteiger partial charge on any atom is 0.279 e. The van der Waals surface area contributed by atoms with Gasteiger partial charge in [-0.25, -0.2) is 0 Å². The predicted octanol–water partition coefficient (Wildman–Crippen LogP) is 2.11. The average Bonchev–Trinajstić information content (AvgIpc) is 2.38. The SMILES string of the molecule is CSC(=O)N[C@H](CN1CCC(N(C)C)CC1)C(C)C. The molecule has 1 heterocycles. The largest absolute Gasteiger partial charge is 0.343 e. The van der Waals surface area contributed by atoms with Crippen LogP contribution in [0.2, 0.25) is 0 Å². The van der Waals surface area contributed by atoms with E-state index in [-0.39, 0.29) is 11.3 Å². The molecule has 0 bridgehead atoms. The van der Waals surface area contributed by atoms with Gasteiger partial charge in [-0.2, -0.15) is 0 Å². The Morgan fingerprint density at radius 3 is 2.37 bits per heavy atom. The van der Waals surface area contributed by atoms with E-state index in [1.807, 2.05) is 6.26 Å². The molecule has 0 spiro atoms. The highest BCUT2D eigenvalue weighted by atomic mass is 32.2. The molecule has 0 radical (unpaired) electrons. The fraction of sp³-hybridized carbons (Fsp3) is 0.929. The molecule has 1 aliphatic heterocycles. The minimum atomic E-state index is 0.0851. The molecule has 1 N–H and O–H groups in total. The number of hydrogen-bond acceptors (Lipinski definition) is 4. The first kappa shape index (κ1) is 16.8. The number of hydrogen-bond donors (Lipinski definition) is 1. The summed E-state index contributed by atoms with van der Waals surface area (Å²) in [6.45, 7) is 7.61. The zero-order chi connectivity index (χ0) is 14.4. The second kappa shape index (κ2) is 8.12. The lowest BCUT2D eigenvalue weighted by Crippen LogP contribution is -2.49. The first-order valence-electron chi connectivity index (χ1n) is 7.17. The van der Waals surface area contributed by atoms with Gasteiger partial charge < -0.3 is 15.1 Å². The first-order chi connectivity index (χ1) is 8.93. The second-order valence-corrected chi connectivity index (χ2v) is 6.76. The summed E-state index contributed by atoms with van der Waals surface area (Å²) >= 11 is 1.26. The van der Waals surface area contributed by atoms with Gasteiger partial charge >= 0.3 is 0 Å². The number of amides is 1. The molecule has 19 heavy (non-hydrogen) atoms. The molecule has 1 amide bonds. The standard InChI is InChI=1S/C14H29N3OS/c1-11(2)13(15-14(18)19-5)10-17-8-6-12(7-9-17)16(3)4/h11-13H,6-10H2,1-5H3,(H,15,18)/t13-/m1/s1. The minimum absolute atomic E-state index is 0.0851. The fourth-order valence-electron chi connectivity index (χ4n) is 2.53. The Hall–Kier alpha value is -0.260. The van der Waals surface area contributed by atoms with E-state index in [0.29, 0.717) is 5.92 Å². The van der Waals surface area contributed by atoms with Crippen molar-refractivity contribution in [2.75, 3.05) is 40.0 Å². The topological polar surface area (TPSA) is 35.6 Å². The lowest BCUT2D eigenvalue weighted by atomic mass is 10.00. The number of piperidine rings is 1. The van der Waals surface area contributed by atoms with Gasteiger partial charge in [-0.15, -0.1) is 0 Å². The summed E-state index contributed by atoms with van der Waals surface area (Å²) in [4.78, 5) is 16.4. The van der Waals surface area contributed by atoms with Crippen LogP contribution in [0.5, 0.6) is 0 Å². The van der Waals surface area contributed by atoms with E-state index in [9.17, 15) is 4.79 Å². The van der Waals surface area contributed by atoms with E-state index >= 15 is 0 Å². The van der Waals surface area contributed by atoms with Gasteiger partial charge in [-0.05, 0) is 52.2 Å². The summed E-state index contributed by atoms with van der Waals surface area (Å²) in [5, 5.41) is 3.20. The van der Waals surface area contributed by atoms with Crippen LogP contribution >= 0.6 is 11.8 Å². The van der Waals surface area contributed by atoms with Gasteiger partial charge in [0, 0.05) is 18.6 Å². The fourth-order valence-corrected chi connectivity index (χ4v) is 2.80. The predicted molar refractivity (Wildman–Crippen MR) is 83.8 cm³/mol. The number of carbonyl (C=O) groups excluding carboxylic acids is 1. The molecule has 4 nitrogen and oxygen atoms in total. The van der Waals surface area contributed by atoms with Crippen molar-refractivity contribution in [1.82, 2.24) is 15.1 Å². The summed E-state index contributed by atoms with van der Waals surface area (Å²) < 4.78 is 0. The van der Waals surface area contributed by atoms with Crippen molar-refractivity contribution >= 4 is 17.0 Å². The summed E-state index contributed by atoms with van der Waals surface area (Å²) in [6.07, 6.45) is 4.29. The Morgan fingerprint density at radius 1 is 1.37 bits per heavy atom. The molecule has 1 atom stereocenters. The van der Waals surface area contributed by atoms with Gasteiger partial charge in [0.05, 0.1) is 0 Å². The number of likely N-dealkylation sites (tertiary alicyclic amines) is 1. The van der Waals surface area contributed by atoms with E-state index in [0.717, 1.165) is 25.7 Å². The molecule has 1 rings (SSSR count). The zero-order valence-electron chi connectivity index (χ0n) is 13.0. The van der Waals surface area contributed by atoms with Crippen molar-refractivity contribution in [2.24, 2.45) is 5.92 Å². The third-order valence-electron chi connectivity index (χ3n) is 4.04. The van der Waals surface area contributed by atoms with Gasteiger partial charge in [0.25, 0.3) is 5.24 Å². The Morgan fingerprint density at radius 2 is 1.95 bits per heavy atom. The van der Waals surface area contributed by atoms with Crippen molar-refractivity contribution in [3.8, 4) is 0 Å². The Kier molecular flexibility index (Phi) is 7.18. The maximum atomic E-state index is 11.5. The maximum absolute atomic E-state index is 11.5. The second-order valence-electron chi connectivity index (χ2n) is 5.98. The third-order valence-corrected chi connectivity index (χ3v) is 4.52. The van der Waals surface area contributed by atoms with E-state index < -0.39 is 0 Å². The molecule has 5 heteroatoms. The highest BCUT2D eigenvalue weighted by Gasteiger charge is 2.24. The molecule has 0 aromatic rings. The van der Waals surface area contributed by atoms with Crippen molar-refractivity contribution in [3.63, 3.8) is 0 Å². The highest BCUT2D eigenvalue weighted by molar-refractivity contribution is 8.12. The van der Waals surface area contributed by atoms with Crippen LogP contribution in [-0.2, 0) is 0 Å². The molecular formula is C14H29N3OS. The third kappa shape index (κ3) is 5.71. The number of carbonyl (C=O) groups is 1. The van der Waals surface area contributed by atoms with E-state index in [4.69, 9.17) is 0 Å². The van der Waals surface area contributed by atoms with Crippen molar-refractivity contribution in [1.29, 1.82) is 0 Å². The monoisotopic (exact) mass is 287 g/mol. The molecule has 1 saturated heterocycles. The molecule has 112 valence electrons. The smallest absolute Gasteiger partial charge is 0.279 e. The minimum Gasteiger partial charge on any atom is -0.343 e. The van der Waals surface area contributed by atoms with Crippen LogP contribution < -0.4 is 5.32 Å². The Bertz CT molecular complexity index is 276. The van der Waals surface area contributed by atoms with E-state index in [1.54, 1.807) is 0 Å². The van der Waals surface area contributed by atoms with E-state index in [2.05, 4.69) is 43.1 Å². The number of nitrogens with zero attached hydrogens (tertiary/aromatic N) is 2. The van der Waals surface area contributed by atoms with Gasteiger partial charge in [0.15, 0.2) is 0 Å². The molecule has 0 unspecified atom stereocenters. The quantitative estimate of drug-likeness (QED) is 0.840. The lowest BCUT2D eigenvalue weighted by molar-refractivity contribution is 0.130. The average molecular weight is 287 g/mol. The lowest BCUT2D eigenvalue weighted by Gasteiger charge is -2.37. The van der Waals surface area contributed by atoms with Crippen LogP contribution in [0.25, 0.3) is 0 Å². The van der Waals surface area contributed by atoms with Gasteiger partial charge in [0.1, 0.15) is 0 Å². The van der Waals surface area contributed by atoms with Gasteiger partial charge in [-0.1, -0.05) is 25.6 Å². The molecule has 0 aromatic heterocycles. The van der Waals surface area contributed by atoms with E-state index in [1.165, 1.54) is 24.6 Å². The molecule has 1 fully saturated rings. The number of rotatable bonds is 5. The highest BCUT2D eigenvalue weighted by Crippen LogP contribution is 2.16. The Labute approximate surface area is 122 Å². The number of nitrogens with one attached hydrogen (secondary N) is 1. The van der Waals surface area contributed by atoms with Crippen LogP contribution in [0.1, 0.15) is 26.7 Å². The summed E-state index contributed by atoms with van der Waals surface area (Å²) in [6, 6.07) is 0.977. The summed E-state index contributed by atoms with van der Waals surface area (Å²) in [7, 11) is 4.33. The number of thioether (sulfide) groups is 1. The van der Waals surface area contributed by atoms with Gasteiger partial charge in [-0.3, -0.25) is 4.79 Å². The van der Waals surface area contributed by atoms with Crippen molar-refractivity contribution in [2.45, 2.75) is 38.8 Å². The first-order valence-corrected chi connectivity index (χ1v) is 8.39. The Balaban J connectivity index is 2.41. The molecule has 0 saturated carbocycles. The zero-order valence-corrected chi connectivity index (χ0v) is 13.8. The molecule has 0 aromatic carbocycles. The van der Waals surface area contributed by atoms with Crippen LogP contribution in [0.4, 0.5) is 4.79 Å². The normalized spacial score (nSPS) is 19.9. The molecule has 0 aliphatic carbocycles. The van der Waals surface area contributed by atoms with Crippen LogP contribution in [0.15, 0.2) is 0 Å². The van der Waals surface area contributed by atoms with Crippen LogP contribution in [0.3, 0.4) is 0 Å². The van der Waals surface area contributed by atoms with Crippen molar-refractivity contribution < 1.29 is 4.79 Å².